The summed E-state index contributed by atoms with van der Waals surface area (Å²) in [6, 6.07) is 6.64. The molecule has 4 nitrogen and oxygen atoms in total. The molecule has 1 aliphatic rings. The second-order valence-corrected chi connectivity index (χ2v) is 5.21. The summed E-state index contributed by atoms with van der Waals surface area (Å²) in [5, 5.41) is 9.57. The molecular weight excluding hydrogens is 278 g/mol. The van der Waals surface area contributed by atoms with E-state index in [1.807, 2.05) is 12.2 Å². The monoisotopic (exact) mass is 293 g/mol. The molecule has 1 aromatic rings. The Kier molecular flexibility index (Phi) is 4.79. The normalized spacial score (nSPS) is 17.8. The van der Waals surface area contributed by atoms with Gasteiger partial charge in [0.15, 0.2) is 0 Å². The van der Waals surface area contributed by atoms with Crippen LogP contribution in [-0.2, 0) is 9.59 Å². The molecule has 5 heteroatoms. The minimum Gasteiger partial charge on any atom is -0.480 e. The lowest BCUT2D eigenvalue weighted by Gasteiger charge is -2.26. The van der Waals surface area contributed by atoms with E-state index in [1.165, 1.54) is 4.90 Å². The molecule has 1 N–H and O–H groups in total. The Morgan fingerprint density at radius 2 is 1.95 bits per heavy atom. The van der Waals surface area contributed by atoms with Gasteiger partial charge in [-0.3, -0.25) is 9.59 Å². The number of anilines is 1. The summed E-state index contributed by atoms with van der Waals surface area (Å²) in [6.07, 6.45) is 6.32. The third-order valence-corrected chi connectivity index (χ3v) is 3.57. The van der Waals surface area contributed by atoms with Gasteiger partial charge in [0, 0.05) is 16.6 Å². The van der Waals surface area contributed by atoms with Crippen molar-refractivity contribution in [3.8, 4) is 0 Å². The second kappa shape index (κ2) is 6.57. The Hall–Kier alpha value is -1.81. The zero-order valence-electron chi connectivity index (χ0n) is 11.0. The number of carbonyl (C=O) groups is 2. The first kappa shape index (κ1) is 14.6. The predicted octanol–water partition coefficient (Wildman–Crippen LogP) is 3.11. The number of benzene rings is 1. The summed E-state index contributed by atoms with van der Waals surface area (Å²) in [5.74, 6) is -1.31. The van der Waals surface area contributed by atoms with Crippen molar-refractivity contribution in [3.63, 3.8) is 0 Å². The van der Waals surface area contributed by atoms with Crippen molar-refractivity contribution in [3.05, 3.63) is 41.4 Å². The number of carboxylic acids is 1. The fourth-order valence-electron chi connectivity index (χ4n) is 2.29. The van der Waals surface area contributed by atoms with Crippen LogP contribution in [0.3, 0.4) is 0 Å². The van der Waals surface area contributed by atoms with Gasteiger partial charge in [-0.1, -0.05) is 23.8 Å². The highest BCUT2D eigenvalue weighted by Crippen LogP contribution is 2.25. The molecular formula is C15H16ClNO3. The summed E-state index contributed by atoms with van der Waals surface area (Å²) in [7, 11) is 0. The molecule has 0 aromatic heterocycles. The molecule has 0 radical (unpaired) electrons. The van der Waals surface area contributed by atoms with Crippen LogP contribution in [0.5, 0.6) is 0 Å². The maximum atomic E-state index is 12.5. The van der Waals surface area contributed by atoms with Gasteiger partial charge in [-0.05, 0) is 43.5 Å². The SMILES string of the molecule is O=C(O)CN(C(=O)C1CC=CCC1)c1ccc(Cl)cc1. The van der Waals surface area contributed by atoms with Crippen LogP contribution >= 0.6 is 11.6 Å². The van der Waals surface area contributed by atoms with Crippen LogP contribution in [0.25, 0.3) is 0 Å². The van der Waals surface area contributed by atoms with Crippen LogP contribution in [0.4, 0.5) is 5.69 Å². The first-order valence-electron chi connectivity index (χ1n) is 6.51. The first-order valence-corrected chi connectivity index (χ1v) is 6.89. The van der Waals surface area contributed by atoms with E-state index in [9.17, 15) is 9.59 Å². The fourth-order valence-corrected chi connectivity index (χ4v) is 2.42. The van der Waals surface area contributed by atoms with Gasteiger partial charge in [-0.25, -0.2) is 0 Å². The lowest BCUT2D eigenvalue weighted by atomic mass is 9.93. The molecule has 106 valence electrons. The van der Waals surface area contributed by atoms with Crippen LogP contribution < -0.4 is 4.90 Å². The second-order valence-electron chi connectivity index (χ2n) is 4.78. The molecule has 0 heterocycles. The van der Waals surface area contributed by atoms with E-state index >= 15 is 0 Å². The Morgan fingerprint density at radius 3 is 2.50 bits per heavy atom. The van der Waals surface area contributed by atoms with Crippen LogP contribution in [0, 0.1) is 5.92 Å². The molecule has 1 amide bonds. The molecule has 1 aromatic carbocycles. The standard InChI is InChI=1S/C15H16ClNO3/c16-12-6-8-13(9-7-12)17(10-14(18)19)15(20)11-4-2-1-3-5-11/h1-2,6-9,11H,3-5,10H2,(H,18,19). The topological polar surface area (TPSA) is 57.6 Å². The molecule has 2 rings (SSSR count). The molecule has 0 aliphatic heterocycles. The van der Waals surface area contributed by atoms with Crippen molar-refractivity contribution in [2.75, 3.05) is 11.4 Å². The van der Waals surface area contributed by atoms with E-state index in [0.29, 0.717) is 17.1 Å². The van der Waals surface area contributed by atoms with Gasteiger partial charge in [0.2, 0.25) is 5.91 Å². The molecule has 1 unspecified atom stereocenters. The van der Waals surface area contributed by atoms with Crippen molar-refractivity contribution < 1.29 is 14.7 Å². The maximum Gasteiger partial charge on any atom is 0.323 e. The Morgan fingerprint density at radius 1 is 1.25 bits per heavy atom. The minimum absolute atomic E-state index is 0.140. The van der Waals surface area contributed by atoms with E-state index < -0.39 is 5.97 Å². The summed E-state index contributed by atoms with van der Waals surface area (Å²) >= 11 is 5.82. The summed E-state index contributed by atoms with van der Waals surface area (Å²) in [6.45, 7) is -0.333. The Balaban J connectivity index is 2.22. The summed E-state index contributed by atoms with van der Waals surface area (Å²) < 4.78 is 0. The Labute approximate surface area is 122 Å². The molecule has 20 heavy (non-hydrogen) atoms. The quantitative estimate of drug-likeness (QED) is 0.868. The molecule has 0 bridgehead atoms. The summed E-state index contributed by atoms with van der Waals surface area (Å²) in [5.41, 5.74) is 0.566. The van der Waals surface area contributed by atoms with Crippen LogP contribution in [0.15, 0.2) is 36.4 Å². The third kappa shape index (κ3) is 3.61. The van der Waals surface area contributed by atoms with Gasteiger partial charge >= 0.3 is 5.97 Å². The van der Waals surface area contributed by atoms with Crippen LogP contribution in [-0.4, -0.2) is 23.5 Å². The van der Waals surface area contributed by atoms with Crippen LogP contribution in [0.2, 0.25) is 5.02 Å². The maximum absolute atomic E-state index is 12.5. The highest BCUT2D eigenvalue weighted by Gasteiger charge is 2.26. The highest BCUT2D eigenvalue weighted by atomic mass is 35.5. The van der Waals surface area contributed by atoms with E-state index in [1.54, 1.807) is 24.3 Å². The molecule has 1 aliphatic carbocycles. The minimum atomic E-state index is -1.03. The van der Waals surface area contributed by atoms with Gasteiger partial charge in [0.25, 0.3) is 0 Å². The zero-order chi connectivity index (χ0) is 14.5. The van der Waals surface area contributed by atoms with E-state index in [4.69, 9.17) is 16.7 Å². The van der Waals surface area contributed by atoms with Crippen molar-refractivity contribution in [2.24, 2.45) is 5.92 Å². The average Bonchev–Trinajstić information content (AvgIpc) is 2.46. The number of carboxylic acid groups (broad SMARTS) is 1. The molecule has 0 spiro atoms. The predicted molar refractivity (Wildman–Crippen MR) is 77.9 cm³/mol. The van der Waals surface area contributed by atoms with Gasteiger partial charge in [-0.15, -0.1) is 0 Å². The molecule has 0 saturated carbocycles. The van der Waals surface area contributed by atoms with Crippen molar-refractivity contribution >= 4 is 29.2 Å². The van der Waals surface area contributed by atoms with E-state index in [2.05, 4.69) is 0 Å². The summed E-state index contributed by atoms with van der Waals surface area (Å²) in [4.78, 5) is 24.8. The lowest BCUT2D eigenvalue weighted by molar-refractivity contribution is -0.137. The number of halogens is 1. The number of carbonyl (C=O) groups excluding carboxylic acids is 1. The smallest absolute Gasteiger partial charge is 0.323 e. The van der Waals surface area contributed by atoms with Gasteiger partial charge in [0.05, 0.1) is 0 Å². The number of amides is 1. The molecule has 0 saturated heterocycles. The number of aliphatic carboxylic acids is 1. The van der Waals surface area contributed by atoms with Crippen molar-refractivity contribution in [2.45, 2.75) is 19.3 Å². The van der Waals surface area contributed by atoms with E-state index in [0.717, 1.165) is 12.8 Å². The first-order chi connectivity index (χ1) is 9.58. The van der Waals surface area contributed by atoms with E-state index in [-0.39, 0.29) is 18.4 Å². The molecule has 1 atom stereocenters. The number of hydrogen-bond donors (Lipinski definition) is 1. The van der Waals surface area contributed by atoms with Gasteiger partial charge in [0.1, 0.15) is 6.54 Å². The third-order valence-electron chi connectivity index (χ3n) is 3.32. The number of nitrogens with zero attached hydrogens (tertiary/aromatic N) is 1. The highest BCUT2D eigenvalue weighted by molar-refractivity contribution is 6.30. The largest absolute Gasteiger partial charge is 0.480 e. The van der Waals surface area contributed by atoms with Crippen LogP contribution in [0.1, 0.15) is 19.3 Å². The number of hydrogen-bond acceptors (Lipinski definition) is 2. The van der Waals surface area contributed by atoms with Crippen molar-refractivity contribution in [1.29, 1.82) is 0 Å². The van der Waals surface area contributed by atoms with Crippen molar-refractivity contribution in [1.82, 2.24) is 0 Å². The lowest BCUT2D eigenvalue weighted by Crippen LogP contribution is -2.40. The fraction of sp³-hybridized carbons (Fsp3) is 0.333. The Bertz CT molecular complexity index is 524. The zero-order valence-corrected chi connectivity index (χ0v) is 11.7. The molecule has 0 fully saturated rings. The van der Waals surface area contributed by atoms with Gasteiger partial charge < -0.3 is 10.0 Å². The number of allylic oxidation sites excluding steroid dienone is 2. The average molecular weight is 294 g/mol. The van der Waals surface area contributed by atoms with Gasteiger partial charge in [-0.2, -0.15) is 0 Å². The number of rotatable bonds is 4.